The number of carbonyl (C=O) groups is 3. The van der Waals surface area contributed by atoms with Gasteiger partial charge in [-0.3, -0.25) is 14.4 Å². The van der Waals surface area contributed by atoms with E-state index >= 15 is 0 Å². The van der Waals surface area contributed by atoms with Crippen LogP contribution in [0.5, 0.6) is 0 Å². The van der Waals surface area contributed by atoms with Crippen LogP contribution in [0.1, 0.15) is 23.2 Å². The first-order chi connectivity index (χ1) is 13.5. The average molecular weight is 406 g/mol. The molecule has 3 fully saturated rings. The summed E-state index contributed by atoms with van der Waals surface area (Å²) in [4.78, 5) is 41.4. The van der Waals surface area contributed by atoms with Crippen molar-refractivity contribution in [2.45, 2.75) is 18.9 Å². The fourth-order valence-corrected chi connectivity index (χ4v) is 4.30. The fraction of sp³-hybridized carbons (Fsp3) is 0.550. The minimum absolute atomic E-state index is 0.0267. The number of fused-ring (bicyclic) bond motifs is 3. The zero-order valence-electron chi connectivity index (χ0n) is 15.6. The quantitative estimate of drug-likeness (QED) is 0.801. The third-order valence-corrected chi connectivity index (χ3v) is 6.02. The number of hydrogen-bond acceptors (Lipinski definition) is 4. The highest BCUT2D eigenvalue weighted by Gasteiger charge is 2.38. The predicted molar refractivity (Wildman–Crippen MR) is 103 cm³/mol. The molecule has 8 heteroatoms. The second-order valence-electron chi connectivity index (χ2n) is 7.76. The summed E-state index contributed by atoms with van der Waals surface area (Å²) in [5.41, 5.74) is 0.610. The Morgan fingerprint density at radius 3 is 2.46 bits per heavy atom. The molecule has 1 aromatic carbocycles. The Morgan fingerprint density at radius 2 is 1.75 bits per heavy atom. The molecule has 7 nitrogen and oxygen atoms in total. The van der Waals surface area contributed by atoms with Gasteiger partial charge in [-0.1, -0.05) is 11.6 Å². The van der Waals surface area contributed by atoms with Crippen LogP contribution in [0.2, 0.25) is 5.02 Å². The molecule has 3 saturated heterocycles. The number of benzene rings is 1. The third-order valence-electron chi connectivity index (χ3n) is 5.77. The molecule has 0 radical (unpaired) electrons. The van der Waals surface area contributed by atoms with Crippen molar-refractivity contribution in [1.82, 2.24) is 15.1 Å². The zero-order chi connectivity index (χ0) is 19.7. The SMILES string of the molecule is O=C1N[C@@H]2COC[C@H]1CN(C(=O)C1CCN(C(=O)c3ccc(Cl)cc3)CC1)C2. The smallest absolute Gasteiger partial charge is 0.253 e. The van der Waals surface area contributed by atoms with Crippen molar-refractivity contribution in [1.29, 1.82) is 0 Å². The minimum Gasteiger partial charge on any atom is -0.378 e. The van der Waals surface area contributed by atoms with E-state index in [1.807, 2.05) is 4.90 Å². The van der Waals surface area contributed by atoms with Crippen molar-refractivity contribution in [3.8, 4) is 0 Å². The van der Waals surface area contributed by atoms with E-state index in [0.717, 1.165) is 0 Å². The van der Waals surface area contributed by atoms with E-state index in [9.17, 15) is 14.4 Å². The predicted octanol–water partition coefficient (Wildman–Crippen LogP) is 1.17. The van der Waals surface area contributed by atoms with Crippen molar-refractivity contribution in [2.75, 3.05) is 39.4 Å². The molecule has 150 valence electrons. The summed E-state index contributed by atoms with van der Waals surface area (Å²) >= 11 is 5.89. The van der Waals surface area contributed by atoms with Gasteiger partial charge in [0, 0.05) is 42.7 Å². The van der Waals surface area contributed by atoms with Gasteiger partial charge in [-0.15, -0.1) is 0 Å². The van der Waals surface area contributed by atoms with Crippen molar-refractivity contribution >= 4 is 29.3 Å². The van der Waals surface area contributed by atoms with Gasteiger partial charge in [0.15, 0.2) is 0 Å². The van der Waals surface area contributed by atoms with Gasteiger partial charge in [0.05, 0.1) is 25.2 Å². The second kappa shape index (κ2) is 8.09. The first-order valence-corrected chi connectivity index (χ1v) is 10.1. The van der Waals surface area contributed by atoms with Crippen molar-refractivity contribution < 1.29 is 19.1 Å². The Labute approximate surface area is 168 Å². The third kappa shape index (κ3) is 4.00. The molecular weight excluding hydrogens is 382 g/mol. The van der Waals surface area contributed by atoms with Crippen molar-refractivity contribution in [3.05, 3.63) is 34.9 Å². The molecule has 2 atom stereocenters. The van der Waals surface area contributed by atoms with Crippen LogP contribution in [0.25, 0.3) is 0 Å². The van der Waals surface area contributed by atoms with Crippen LogP contribution in [0, 0.1) is 11.8 Å². The van der Waals surface area contributed by atoms with Crippen LogP contribution < -0.4 is 5.32 Å². The molecular formula is C20H24ClN3O4. The van der Waals surface area contributed by atoms with Crippen LogP contribution in [0.15, 0.2) is 24.3 Å². The molecule has 4 rings (SSSR count). The van der Waals surface area contributed by atoms with E-state index in [1.54, 1.807) is 29.2 Å². The summed E-state index contributed by atoms with van der Waals surface area (Å²) in [7, 11) is 0. The Balaban J connectivity index is 1.35. The van der Waals surface area contributed by atoms with Crippen molar-refractivity contribution in [2.24, 2.45) is 11.8 Å². The summed E-state index contributed by atoms with van der Waals surface area (Å²) in [5, 5.41) is 3.55. The molecule has 28 heavy (non-hydrogen) atoms. The highest BCUT2D eigenvalue weighted by atomic mass is 35.5. The molecule has 0 unspecified atom stereocenters. The highest BCUT2D eigenvalue weighted by molar-refractivity contribution is 6.30. The van der Waals surface area contributed by atoms with Gasteiger partial charge in [-0.05, 0) is 37.1 Å². The maximum absolute atomic E-state index is 13.1. The van der Waals surface area contributed by atoms with Crippen LogP contribution in [-0.2, 0) is 14.3 Å². The van der Waals surface area contributed by atoms with E-state index in [4.69, 9.17) is 16.3 Å². The van der Waals surface area contributed by atoms with Crippen LogP contribution in [-0.4, -0.2) is 73.0 Å². The minimum atomic E-state index is -0.303. The number of carbonyl (C=O) groups excluding carboxylic acids is 3. The normalized spacial score (nSPS) is 25.8. The van der Waals surface area contributed by atoms with Crippen LogP contribution in [0.3, 0.4) is 0 Å². The number of rotatable bonds is 2. The molecule has 3 heterocycles. The molecule has 3 amide bonds. The lowest BCUT2D eigenvalue weighted by atomic mass is 9.94. The van der Waals surface area contributed by atoms with E-state index in [0.29, 0.717) is 62.8 Å². The molecule has 0 aliphatic carbocycles. The van der Waals surface area contributed by atoms with Gasteiger partial charge in [-0.2, -0.15) is 0 Å². The molecule has 0 aromatic heterocycles. The Kier molecular flexibility index (Phi) is 5.55. The van der Waals surface area contributed by atoms with Gasteiger partial charge in [-0.25, -0.2) is 0 Å². The van der Waals surface area contributed by atoms with Gasteiger partial charge < -0.3 is 19.9 Å². The Morgan fingerprint density at radius 1 is 1.04 bits per heavy atom. The first kappa shape index (κ1) is 19.2. The summed E-state index contributed by atoms with van der Waals surface area (Å²) in [6.07, 6.45) is 1.28. The van der Waals surface area contributed by atoms with Gasteiger partial charge in [0.25, 0.3) is 5.91 Å². The number of ether oxygens (including phenoxy) is 1. The maximum atomic E-state index is 13.1. The summed E-state index contributed by atoms with van der Waals surface area (Å²) < 4.78 is 5.52. The number of hydrogen-bond donors (Lipinski definition) is 1. The Hall–Kier alpha value is -2.12. The topological polar surface area (TPSA) is 79.0 Å². The second-order valence-corrected chi connectivity index (χ2v) is 8.19. The summed E-state index contributed by atoms with van der Waals surface area (Å²) in [6, 6.07) is 6.73. The average Bonchev–Trinajstić information content (AvgIpc) is 2.96. The molecule has 3 aliphatic heterocycles. The number of piperidine rings is 1. The largest absolute Gasteiger partial charge is 0.378 e. The number of nitrogens with zero attached hydrogens (tertiary/aromatic N) is 2. The number of amides is 3. The molecule has 2 bridgehead atoms. The number of likely N-dealkylation sites (tertiary alicyclic amines) is 1. The number of nitrogens with one attached hydrogen (secondary N) is 1. The number of halogens is 1. The van der Waals surface area contributed by atoms with Crippen molar-refractivity contribution in [3.63, 3.8) is 0 Å². The van der Waals surface area contributed by atoms with E-state index < -0.39 is 0 Å². The van der Waals surface area contributed by atoms with Gasteiger partial charge >= 0.3 is 0 Å². The van der Waals surface area contributed by atoms with E-state index in [-0.39, 0.29) is 35.6 Å². The zero-order valence-corrected chi connectivity index (χ0v) is 16.4. The molecule has 1 N–H and O–H groups in total. The monoisotopic (exact) mass is 405 g/mol. The lowest BCUT2D eigenvalue weighted by Crippen LogP contribution is -2.49. The Bertz CT molecular complexity index is 761. The van der Waals surface area contributed by atoms with E-state index in [2.05, 4.69) is 5.32 Å². The molecule has 0 spiro atoms. The lowest BCUT2D eigenvalue weighted by Gasteiger charge is -2.35. The first-order valence-electron chi connectivity index (χ1n) is 9.73. The van der Waals surface area contributed by atoms with Gasteiger partial charge in [0.2, 0.25) is 11.8 Å². The highest BCUT2D eigenvalue weighted by Crippen LogP contribution is 2.24. The standard InChI is InChI=1S/C20H24ClN3O4/c21-16-3-1-13(2-4-16)19(26)23-7-5-14(6-8-23)20(27)24-9-15-11-28-12-17(10-24)22-18(15)25/h1-4,14-15,17H,5-12H2,(H,22,25)/t15-,17+/m1/s1. The fourth-order valence-electron chi connectivity index (χ4n) is 4.17. The van der Waals surface area contributed by atoms with Gasteiger partial charge in [0.1, 0.15) is 0 Å². The molecule has 0 saturated carbocycles. The molecule has 3 aliphatic rings. The lowest BCUT2D eigenvalue weighted by molar-refractivity contribution is -0.139. The summed E-state index contributed by atoms with van der Waals surface area (Å²) in [6.45, 7) is 2.81. The van der Waals surface area contributed by atoms with Crippen LogP contribution in [0.4, 0.5) is 0 Å². The summed E-state index contributed by atoms with van der Waals surface area (Å²) in [5.74, 6) is -0.376. The molecule has 1 aromatic rings. The van der Waals surface area contributed by atoms with E-state index in [1.165, 1.54) is 0 Å². The maximum Gasteiger partial charge on any atom is 0.253 e. The van der Waals surface area contributed by atoms with Crippen LogP contribution >= 0.6 is 11.6 Å².